The molecule has 3 aromatic rings. The molecule has 1 aliphatic heterocycles. The quantitative estimate of drug-likeness (QED) is 0.418. The van der Waals surface area contributed by atoms with Crippen LogP contribution in [0.4, 0.5) is 20.2 Å². The van der Waals surface area contributed by atoms with E-state index in [4.69, 9.17) is 11.5 Å². The fraction of sp³-hybridized carbons (Fsp3) is 0.333. The molecule has 5 N–H and O–H groups in total. The van der Waals surface area contributed by atoms with Crippen LogP contribution in [0.5, 0.6) is 0 Å². The smallest absolute Gasteiger partial charge is 0.251 e. The number of rotatable bonds is 7. The number of alkyl halides is 1. The Labute approximate surface area is 214 Å². The van der Waals surface area contributed by atoms with Crippen molar-refractivity contribution in [1.29, 1.82) is 0 Å². The van der Waals surface area contributed by atoms with Crippen molar-refractivity contribution in [1.82, 2.24) is 15.3 Å². The van der Waals surface area contributed by atoms with Crippen LogP contribution in [0, 0.1) is 5.82 Å². The second-order valence-corrected chi connectivity index (χ2v) is 9.48. The van der Waals surface area contributed by atoms with Crippen LogP contribution in [-0.4, -0.2) is 53.0 Å². The molecule has 1 fully saturated rings. The van der Waals surface area contributed by atoms with Gasteiger partial charge in [-0.3, -0.25) is 14.6 Å². The standard InChI is InChI=1S/C27H30F2N6O2/c1-15(2)33-27(37)16-3-4-19(28)18(11-16)23-6-5-21(30)26(34-23)25(36)12-17-13-32-9-7-24(17)35-10-8-20(29)22(31)14-35/h3-7,9,11,13,15,20,22H,8,10,12,14,30-31H2,1-2H3,(H,33,37)/t20-,22+/m0/s1. The van der Waals surface area contributed by atoms with Crippen LogP contribution < -0.4 is 21.7 Å². The van der Waals surface area contributed by atoms with Crippen molar-refractivity contribution in [3.63, 3.8) is 0 Å². The van der Waals surface area contributed by atoms with Crippen LogP contribution >= 0.6 is 0 Å². The number of carbonyl (C=O) groups excluding carboxylic acids is 2. The first-order valence-electron chi connectivity index (χ1n) is 12.1. The number of nitrogen functional groups attached to an aromatic ring is 1. The molecule has 8 nitrogen and oxygen atoms in total. The third kappa shape index (κ3) is 5.91. The summed E-state index contributed by atoms with van der Waals surface area (Å²) in [6.07, 6.45) is 2.36. The average molecular weight is 509 g/mol. The first-order valence-corrected chi connectivity index (χ1v) is 12.1. The summed E-state index contributed by atoms with van der Waals surface area (Å²) in [5.74, 6) is -1.31. The number of halogens is 2. The number of hydrogen-bond donors (Lipinski definition) is 3. The molecule has 1 aliphatic rings. The van der Waals surface area contributed by atoms with E-state index in [1.54, 1.807) is 18.5 Å². The number of Topliss-reactive ketones (excluding diaryl/α,β-unsaturated/α-hetero) is 1. The number of amides is 1. The summed E-state index contributed by atoms with van der Waals surface area (Å²) < 4.78 is 28.6. The summed E-state index contributed by atoms with van der Waals surface area (Å²) in [6, 6.07) is 8.04. The highest BCUT2D eigenvalue weighted by atomic mass is 19.1. The van der Waals surface area contributed by atoms with E-state index in [0.717, 1.165) is 5.69 Å². The SMILES string of the molecule is CC(C)NC(=O)c1ccc(F)c(-c2ccc(N)c(C(=O)Cc3cnccc3N3CC[C@H](F)[C@H](N)C3)n2)c1. The van der Waals surface area contributed by atoms with Crippen LogP contribution in [-0.2, 0) is 6.42 Å². The van der Waals surface area contributed by atoms with Crippen molar-refractivity contribution in [3.05, 3.63) is 71.4 Å². The zero-order chi connectivity index (χ0) is 26.7. The van der Waals surface area contributed by atoms with E-state index in [-0.39, 0.29) is 52.4 Å². The lowest BCUT2D eigenvalue weighted by atomic mass is 10.00. The Balaban J connectivity index is 1.62. The molecule has 194 valence electrons. The maximum atomic E-state index is 14.7. The van der Waals surface area contributed by atoms with Gasteiger partial charge in [-0.25, -0.2) is 13.8 Å². The molecule has 0 aliphatic carbocycles. The lowest BCUT2D eigenvalue weighted by Crippen LogP contribution is -2.50. The summed E-state index contributed by atoms with van der Waals surface area (Å²) in [5.41, 5.74) is 14.0. The molecule has 2 aromatic heterocycles. The summed E-state index contributed by atoms with van der Waals surface area (Å²) in [6.45, 7) is 4.44. The zero-order valence-corrected chi connectivity index (χ0v) is 20.7. The van der Waals surface area contributed by atoms with Crippen molar-refractivity contribution < 1.29 is 18.4 Å². The Morgan fingerprint density at radius 1 is 1.22 bits per heavy atom. The van der Waals surface area contributed by atoms with Crippen LogP contribution in [0.15, 0.2) is 48.8 Å². The normalized spacial score (nSPS) is 17.6. The van der Waals surface area contributed by atoms with Crippen LogP contribution in [0.1, 0.15) is 46.7 Å². The van der Waals surface area contributed by atoms with Crippen molar-refractivity contribution >= 4 is 23.1 Å². The van der Waals surface area contributed by atoms with E-state index in [2.05, 4.69) is 15.3 Å². The number of anilines is 2. The van der Waals surface area contributed by atoms with Gasteiger partial charge in [0.2, 0.25) is 0 Å². The number of hydrogen-bond acceptors (Lipinski definition) is 7. The number of nitrogens with two attached hydrogens (primary N) is 2. The number of ketones is 1. The highest BCUT2D eigenvalue weighted by Gasteiger charge is 2.28. The Kier molecular flexibility index (Phi) is 7.77. The van der Waals surface area contributed by atoms with E-state index in [1.165, 1.54) is 30.3 Å². The molecular weight excluding hydrogens is 478 g/mol. The van der Waals surface area contributed by atoms with Gasteiger partial charge in [0.25, 0.3) is 5.91 Å². The Hall–Kier alpha value is -3.92. The first kappa shape index (κ1) is 26.2. The van der Waals surface area contributed by atoms with Gasteiger partial charge in [-0.05, 0) is 56.7 Å². The van der Waals surface area contributed by atoms with E-state index in [9.17, 15) is 18.4 Å². The maximum Gasteiger partial charge on any atom is 0.251 e. The van der Waals surface area contributed by atoms with E-state index in [1.807, 2.05) is 18.7 Å². The van der Waals surface area contributed by atoms with Crippen molar-refractivity contribution in [2.45, 2.75) is 44.9 Å². The number of aromatic nitrogens is 2. The van der Waals surface area contributed by atoms with Crippen molar-refractivity contribution in [3.8, 4) is 11.3 Å². The second-order valence-electron chi connectivity index (χ2n) is 9.48. The molecule has 1 saturated heterocycles. The molecule has 0 radical (unpaired) electrons. The van der Waals surface area contributed by atoms with E-state index in [0.29, 0.717) is 25.1 Å². The molecule has 0 spiro atoms. The number of carbonyl (C=O) groups is 2. The van der Waals surface area contributed by atoms with Gasteiger partial charge in [0.05, 0.1) is 17.4 Å². The highest BCUT2D eigenvalue weighted by Crippen LogP contribution is 2.28. The van der Waals surface area contributed by atoms with Crippen molar-refractivity contribution in [2.24, 2.45) is 5.73 Å². The number of nitrogens with zero attached hydrogens (tertiary/aromatic N) is 3. The number of nitrogens with one attached hydrogen (secondary N) is 1. The first-order chi connectivity index (χ1) is 17.6. The van der Waals surface area contributed by atoms with Gasteiger partial charge >= 0.3 is 0 Å². The molecule has 37 heavy (non-hydrogen) atoms. The maximum absolute atomic E-state index is 14.7. The van der Waals surface area contributed by atoms with Gasteiger partial charge in [-0.15, -0.1) is 0 Å². The van der Waals surface area contributed by atoms with Crippen LogP contribution in [0.25, 0.3) is 11.3 Å². The fourth-order valence-corrected chi connectivity index (χ4v) is 4.34. The monoisotopic (exact) mass is 508 g/mol. The molecule has 0 saturated carbocycles. The lowest BCUT2D eigenvalue weighted by Gasteiger charge is -2.35. The summed E-state index contributed by atoms with van der Waals surface area (Å²) in [4.78, 5) is 36.2. The van der Waals surface area contributed by atoms with Crippen LogP contribution in [0.2, 0.25) is 0 Å². The number of piperidine rings is 1. The van der Waals surface area contributed by atoms with E-state index < -0.39 is 18.0 Å². The molecule has 2 atom stereocenters. The predicted octanol–water partition coefficient (Wildman–Crippen LogP) is 3.30. The molecule has 4 rings (SSSR count). The zero-order valence-electron chi connectivity index (χ0n) is 20.7. The lowest BCUT2D eigenvalue weighted by molar-refractivity contribution is 0.0941. The third-order valence-electron chi connectivity index (χ3n) is 6.25. The molecule has 0 bridgehead atoms. The van der Waals surface area contributed by atoms with Gasteiger partial charge < -0.3 is 21.7 Å². The Morgan fingerprint density at radius 2 is 2.00 bits per heavy atom. The minimum absolute atomic E-state index is 0.0112. The second kappa shape index (κ2) is 11.0. The molecule has 3 heterocycles. The fourth-order valence-electron chi connectivity index (χ4n) is 4.34. The molecule has 1 amide bonds. The molecule has 10 heteroatoms. The summed E-state index contributed by atoms with van der Waals surface area (Å²) in [7, 11) is 0. The van der Waals surface area contributed by atoms with Crippen LogP contribution in [0.3, 0.4) is 0 Å². The van der Waals surface area contributed by atoms with Crippen molar-refractivity contribution in [2.75, 3.05) is 23.7 Å². The number of benzene rings is 1. The molecular formula is C27H30F2N6O2. The summed E-state index contributed by atoms with van der Waals surface area (Å²) >= 11 is 0. The van der Waals surface area contributed by atoms with Gasteiger partial charge in [0.1, 0.15) is 17.7 Å². The van der Waals surface area contributed by atoms with Gasteiger partial charge in [-0.1, -0.05) is 0 Å². The van der Waals surface area contributed by atoms with Gasteiger partial charge in [-0.2, -0.15) is 0 Å². The molecule has 1 aromatic carbocycles. The number of pyridine rings is 2. The summed E-state index contributed by atoms with van der Waals surface area (Å²) in [5, 5.41) is 2.77. The Morgan fingerprint density at radius 3 is 2.73 bits per heavy atom. The van der Waals surface area contributed by atoms with Gasteiger partial charge in [0, 0.05) is 60.3 Å². The largest absolute Gasteiger partial charge is 0.397 e. The van der Waals surface area contributed by atoms with Gasteiger partial charge in [0.15, 0.2) is 5.78 Å². The van der Waals surface area contributed by atoms with E-state index >= 15 is 0 Å². The minimum atomic E-state index is -1.06. The molecule has 0 unspecified atom stereocenters. The minimum Gasteiger partial charge on any atom is -0.397 e. The highest BCUT2D eigenvalue weighted by molar-refractivity contribution is 6.01. The predicted molar refractivity (Wildman–Crippen MR) is 139 cm³/mol. The Bertz CT molecular complexity index is 1320. The third-order valence-corrected chi connectivity index (χ3v) is 6.25. The average Bonchev–Trinajstić information content (AvgIpc) is 2.86. The topological polar surface area (TPSA) is 127 Å².